The highest BCUT2D eigenvalue weighted by Gasteiger charge is 2.34. The number of amides is 2. The first kappa shape index (κ1) is 17.2. The van der Waals surface area contributed by atoms with Gasteiger partial charge in [0.25, 0.3) is 0 Å². The number of aromatic nitrogens is 2. The average Bonchev–Trinajstić information content (AvgIpc) is 3.09. The van der Waals surface area contributed by atoms with E-state index in [1.54, 1.807) is 12.4 Å². The number of benzene rings is 1. The lowest BCUT2D eigenvalue weighted by atomic mass is 9.96. The van der Waals surface area contributed by atoms with Crippen molar-refractivity contribution in [2.45, 2.75) is 12.5 Å². The number of carbonyl (C=O) groups is 2. The Balaban J connectivity index is 1.92. The van der Waals surface area contributed by atoms with Crippen molar-refractivity contribution in [3.05, 3.63) is 52.3 Å². The minimum absolute atomic E-state index is 0.0323. The molecular formula is C16H16ClFN4O3. The summed E-state index contributed by atoms with van der Waals surface area (Å²) in [5, 5.41) is 2.49. The number of aromatic amines is 1. The van der Waals surface area contributed by atoms with Gasteiger partial charge < -0.3 is 19.9 Å². The summed E-state index contributed by atoms with van der Waals surface area (Å²) in [6.07, 6.45) is 2.14. The molecule has 1 aliphatic rings. The molecule has 1 atom stereocenters. The third kappa shape index (κ3) is 3.43. The van der Waals surface area contributed by atoms with Crippen LogP contribution in [0.4, 0.5) is 9.18 Å². The molecule has 0 spiro atoms. The molecule has 1 aromatic carbocycles. The summed E-state index contributed by atoms with van der Waals surface area (Å²) in [6, 6.07) is 3.32. The molecule has 7 nitrogen and oxygen atoms in total. The summed E-state index contributed by atoms with van der Waals surface area (Å²) < 4.78 is 18.0. The molecule has 2 amide bonds. The zero-order chi connectivity index (χ0) is 18.0. The van der Waals surface area contributed by atoms with Crippen LogP contribution in [0.1, 0.15) is 23.0 Å². The molecule has 3 rings (SSSR count). The number of carbonyl (C=O) groups excluding carboxylic acids is 2. The van der Waals surface area contributed by atoms with Gasteiger partial charge in [0.15, 0.2) is 0 Å². The summed E-state index contributed by atoms with van der Waals surface area (Å²) in [4.78, 5) is 32.7. The van der Waals surface area contributed by atoms with Gasteiger partial charge in [0.1, 0.15) is 18.4 Å². The normalized spacial score (nSPS) is 16.3. The molecule has 25 heavy (non-hydrogen) atoms. The van der Waals surface area contributed by atoms with Crippen molar-refractivity contribution in [3.63, 3.8) is 0 Å². The molecule has 0 saturated carbocycles. The Labute approximate surface area is 148 Å². The van der Waals surface area contributed by atoms with Crippen molar-refractivity contribution in [3.8, 4) is 0 Å². The molecule has 2 heterocycles. The molecule has 1 aliphatic heterocycles. The standard InChI is InChI=1S/C16H16ClFN4O3/c1-25-13(23)7-19-16(24)22-5-4-12-14(21-8-20-12)15(22)9-2-3-11(18)10(17)6-9/h2-3,6,8,15H,4-5,7H2,1H3,(H,19,24)(H,20,21)/t15-/m1/s1. The number of H-pyrrole nitrogens is 1. The number of hydrogen-bond acceptors (Lipinski definition) is 4. The smallest absolute Gasteiger partial charge is 0.325 e. The maximum atomic E-state index is 13.5. The average molecular weight is 367 g/mol. The van der Waals surface area contributed by atoms with E-state index in [0.29, 0.717) is 24.2 Å². The van der Waals surface area contributed by atoms with E-state index < -0.39 is 23.9 Å². The van der Waals surface area contributed by atoms with E-state index in [1.807, 2.05) is 0 Å². The Hall–Kier alpha value is -2.61. The van der Waals surface area contributed by atoms with E-state index in [4.69, 9.17) is 11.6 Å². The number of hydrogen-bond donors (Lipinski definition) is 2. The molecule has 0 unspecified atom stereocenters. The lowest BCUT2D eigenvalue weighted by Gasteiger charge is -2.35. The number of imidazole rings is 1. The second kappa shape index (κ2) is 7.10. The van der Waals surface area contributed by atoms with Gasteiger partial charge in [-0.15, -0.1) is 0 Å². The third-order valence-corrected chi connectivity index (χ3v) is 4.35. The monoisotopic (exact) mass is 366 g/mol. The minimum Gasteiger partial charge on any atom is -0.468 e. The first-order valence-electron chi connectivity index (χ1n) is 7.59. The van der Waals surface area contributed by atoms with Crippen LogP contribution in [0.3, 0.4) is 0 Å². The van der Waals surface area contributed by atoms with Crippen LogP contribution in [0.15, 0.2) is 24.5 Å². The fraction of sp³-hybridized carbons (Fsp3) is 0.312. The van der Waals surface area contributed by atoms with Crippen LogP contribution in [-0.2, 0) is 16.0 Å². The second-order valence-electron chi connectivity index (χ2n) is 5.52. The summed E-state index contributed by atoms with van der Waals surface area (Å²) in [5.74, 6) is -1.09. The summed E-state index contributed by atoms with van der Waals surface area (Å²) in [5.41, 5.74) is 2.21. The zero-order valence-electron chi connectivity index (χ0n) is 13.4. The van der Waals surface area contributed by atoms with E-state index in [2.05, 4.69) is 20.0 Å². The topological polar surface area (TPSA) is 87.3 Å². The van der Waals surface area contributed by atoms with Gasteiger partial charge in [-0.1, -0.05) is 17.7 Å². The van der Waals surface area contributed by atoms with E-state index in [9.17, 15) is 14.0 Å². The lowest BCUT2D eigenvalue weighted by molar-refractivity contribution is -0.139. The van der Waals surface area contributed by atoms with Crippen LogP contribution in [0.25, 0.3) is 0 Å². The van der Waals surface area contributed by atoms with Crippen LogP contribution >= 0.6 is 11.6 Å². The first-order chi connectivity index (χ1) is 12.0. The number of ether oxygens (including phenoxy) is 1. The van der Waals surface area contributed by atoms with Crippen LogP contribution in [0, 0.1) is 5.82 Å². The molecule has 0 saturated heterocycles. The highest BCUT2D eigenvalue weighted by molar-refractivity contribution is 6.30. The second-order valence-corrected chi connectivity index (χ2v) is 5.93. The first-order valence-corrected chi connectivity index (χ1v) is 7.97. The van der Waals surface area contributed by atoms with Gasteiger partial charge in [-0.2, -0.15) is 0 Å². The van der Waals surface area contributed by atoms with Gasteiger partial charge in [-0.3, -0.25) is 4.79 Å². The van der Waals surface area contributed by atoms with Gasteiger partial charge in [0.2, 0.25) is 0 Å². The van der Waals surface area contributed by atoms with Crippen molar-refractivity contribution in [1.82, 2.24) is 20.2 Å². The van der Waals surface area contributed by atoms with Gasteiger partial charge in [0, 0.05) is 18.7 Å². The molecule has 132 valence electrons. The van der Waals surface area contributed by atoms with E-state index >= 15 is 0 Å². The number of urea groups is 1. The lowest BCUT2D eigenvalue weighted by Crippen LogP contribution is -2.47. The number of nitrogens with one attached hydrogen (secondary N) is 2. The van der Waals surface area contributed by atoms with Gasteiger partial charge in [0.05, 0.1) is 24.2 Å². The molecule has 0 aliphatic carbocycles. The Kier molecular flexibility index (Phi) is 4.89. The molecule has 2 N–H and O–H groups in total. The number of halogens is 2. The fourth-order valence-electron chi connectivity index (χ4n) is 2.84. The van der Waals surface area contributed by atoms with E-state index in [-0.39, 0.29) is 11.6 Å². The number of rotatable bonds is 3. The van der Waals surface area contributed by atoms with Crippen molar-refractivity contribution >= 4 is 23.6 Å². The molecular weight excluding hydrogens is 351 g/mol. The van der Waals surface area contributed by atoms with Crippen molar-refractivity contribution in [1.29, 1.82) is 0 Å². The maximum absolute atomic E-state index is 13.5. The van der Waals surface area contributed by atoms with Crippen molar-refractivity contribution in [2.75, 3.05) is 20.2 Å². The quantitative estimate of drug-likeness (QED) is 0.814. The van der Waals surface area contributed by atoms with Crippen LogP contribution in [0.2, 0.25) is 5.02 Å². The maximum Gasteiger partial charge on any atom is 0.325 e. The summed E-state index contributed by atoms with van der Waals surface area (Å²) in [7, 11) is 1.24. The molecule has 2 aromatic rings. The molecule has 1 aromatic heterocycles. The SMILES string of the molecule is COC(=O)CNC(=O)N1CCc2[nH]cnc2[C@H]1c1ccc(F)c(Cl)c1. The van der Waals surface area contributed by atoms with Gasteiger partial charge >= 0.3 is 12.0 Å². The fourth-order valence-corrected chi connectivity index (χ4v) is 3.03. The van der Waals surface area contributed by atoms with Crippen LogP contribution < -0.4 is 5.32 Å². The summed E-state index contributed by atoms with van der Waals surface area (Å²) in [6.45, 7) is 0.165. The highest BCUT2D eigenvalue weighted by atomic mass is 35.5. The molecule has 9 heteroatoms. The number of esters is 1. The predicted octanol–water partition coefficient (Wildman–Crippen LogP) is 2.03. The Morgan fingerprint density at radius 1 is 1.52 bits per heavy atom. The zero-order valence-corrected chi connectivity index (χ0v) is 14.1. The van der Waals surface area contributed by atoms with Gasteiger partial charge in [-0.25, -0.2) is 14.2 Å². The molecule has 0 bridgehead atoms. The largest absolute Gasteiger partial charge is 0.468 e. The Bertz CT molecular complexity index is 810. The third-order valence-electron chi connectivity index (χ3n) is 4.06. The number of fused-ring (bicyclic) bond motifs is 1. The molecule has 0 fully saturated rings. The van der Waals surface area contributed by atoms with E-state index in [0.717, 1.165) is 5.69 Å². The van der Waals surface area contributed by atoms with Crippen LogP contribution in [-0.4, -0.2) is 47.1 Å². The Morgan fingerprint density at radius 3 is 3.04 bits per heavy atom. The number of nitrogens with zero attached hydrogens (tertiary/aromatic N) is 2. The van der Waals surface area contributed by atoms with Crippen LogP contribution in [0.5, 0.6) is 0 Å². The predicted molar refractivity (Wildman–Crippen MR) is 87.7 cm³/mol. The summed E-state index contributed by atoms with van der Waals surface area (Å²) >= 11 is 5.90. The van der Waals surface area contributed by atoms with E-state index in [1.165, 1.54) is 24.1 Å². The highest BCUT2D eigenvalue weighted by Crippen LogP contribution is 2.34. The Morgan fingerprint density at radius 2 is 2.32 bits per heavy atom. The minimum atomic E-state index is -0.549. The molecule has 0 radical (unpaired) electrons. The van der Waals surface area contributed by atoms with Crippen molar-refractivity contribution in [2.24, 2.45) is 0 Å². The number of methoxy groups -OCH3 is 1. The van der Waals surface area contributed by atoms with Crippen molar-refractivity contribution < 1.29 is 18.7 Å². The van der Waals surface area contributed by atoms with Gasteiger partial charge in [-0.05, 0) is 17.7 Å².